The highest BCUT2D eigenvalue weighted by Crippen LogP contribution is 2.26. The Morgan fingerprint density at radius 1 is 1.19 bits per heavy atom. The molecular formula is C17H26N2O2. The fourth-order valence-electron chi connectivity index (χ4n) is 3.02. The van der Waals surface area contributed by atoms with E-state index in [2.05, 4.69) is 41.4 Å². The van der Waals surface area contributed by atoms with Crippen molar-refractivity contribution >= 4 is 11.7 Å². The Morgan fingerprint density at radius 2 is 1.76 bits per heavy atom. The van der Waals surface area contributed by atoms with Gasteiger partial charge >= 0.3 is 5.97 Å². The molecule has 0 aromatic heterocycles. The van der Waals surface area contributed by atoms with Gasteiger partial charge in [0, 0.05) is 31.9 Å². The number of aliphatic carboxylic acids is 1. The third-order valence-corrected chi connectivity index (χ3v) is 4.47. The number of hydrogen-bond donors (Lipinski definition) is 2. The second-order valence-corrected chi connectivity index (χ2v) is 6.26. The lowest BCUT2D eigenvalue weighted by Gasteiger charge is -2.29. The third kappa shape index (κ3) is 4.21. The molecule has 0 aliphatic heterocycles. The van der Waals surface area contributed by atoms with Crippen LogP contribution < -0.4 is 10.2 Å². The number of carboxylic acids is 1. The molecule has 21 heavy (non-hydrogen) atoms. The Balaban J connectivity index is 1.87. The van der Waals surface area contributed by atoms with Gasteiger partial charge in [-0.15, -0.1) is 0 Å². The van der Waals surface area contributed by atoms with Crippen molar-refractivity contribution in [3.8, 4) is 0 Å². The number of benzene rings is 1. The van der Waals surface area contributed by atoms with Crippen molar-refractivity contribution in [1.82, 2.24) is 5.32 Å². The monoisotopic (exact) mass is 290 g/mol. The van der Waals surface area contributed by atoms with E-state index in [9.17, 15) is 4.79 Å². The molecule has 1 fully saturated rings. The van der Waals surface area contributed by atoms with Crippen LogP contribution in [0.5, 0.6) is 0 Å². The Labute approximate surface area is 127 Å². The van der Waals surface area contributed by atoms with Crippen molar-refractivity contribution in [2.45, 2.75) is 44.7 Å². The Bertz CT molecular complexity index is 462. The molecule has 1 atom stereocenters. The molecule has 0 heterocycles. The minimum atomic E-state index is -0.638. The minimum Gasteiger partial charge on any atom is -0.481 e. The summed E-state index contributed by atoms with van der Waals surface area (Å²) in [5.41, 5.74) is 2.48. The van der Waals surface area contributed by atoms with E-state index < -0.39 is 5.97 Å². The maximum Gasteiger partial charge on any atom is 0.306 e. The van der Waals surface area contributed by atoms with Crippen molar-refractivity contribution in [1.29, 1.82) is 0 Å². The number of rotatable bonds is 5. The van der Waals surface area contributed by atoms with E-state index in [-0.39, 0.29) is 5.92 Å². The molecule has 1 aromatic carbocycles. The molecule has 1 aliphatic carbocycles. The maximum absolute atomic E-state index is 11.0. The largest absolute Gasteiger partial charge is 0.481 e. The van der Waals surface area contributed by atoms with Crippen LogP contribution in [0.1, 0.15) is 44.2 Å². The van der Waals surface area contributed by atoms with Gasteiger partial charge in [0.2, 0.25) is 0 Å². The molecule has 0 saturated heterocycles. The quantitative estimate of drug-likeness (QED) is 0.875. The third-order valence-electron chi connectivity index (χ3n) is 4.47. The van der Waals surface area contributed by atoms with Crippen molar-refractivity contribution < 1.29 is 9.90 Å². The lowest BCUT2D eigenvalue weighted by molar-refractivity contribution is -0.142. The van der Waals surface area contributed by atoms with Gasteiger partial charge in [0.1, 0.15) is 0 Å². The zero-order valence-electron chi connectivity index (χ0n) is 13.2. The summed E-state index contributed by atoms with van der Waals surface area (Å²) >= 11 is 0. The summed E-state index contributed by atoms with van der Waals surface area (Å²) in [7, 11) is 4.08. The van der Waals surface area contributed by atoms with Gasteiger partial charge in [0.15, 0.2) is 0 Å². The minimum absolute atomic E-state index is 0.141. The molecule has 4 heteroatoms. The zero-order valence-corrected chi connectivity index (χ0v) is 13.2. The van der Waals surface area contributed by atoms with Gasteiger partial charge in [0.05, 0.1) is 5.92 Å². The van der Waals surface area contributed by atoms with Gasteiger partial charge in [-0.2, -0.15) is 0 Å². The van der Waals surface area contributed by atoms with Gasteiger partial charge in [0.25, 0.3) is 0 Å². The van der Waals surface area contributed by atoms with E-state index in [0.717, 1.165) is 25.7 Å². The summed E-state index contributed by atoms with van der Waals surface area (Å²) < 4.78 is 0. The van der Waals surface area contributed by atoms with Gasteiger partial charge in [-0.05, 0) is 50.3 Å². The Morgan fingerprint density at radius 3 is 2.24 bits per heavy atom. The molecule has 1 unspecified atom stereocenters. The van der Waals surface area contributed by atoms with Crippen molar-refractivity contribution in [3.05, 3.63) is 29.8 Å². The van der Waals surface area contributed by atoms with E-state index in [4.69, 9.17) is 5.11 Å². The molecule has 4 nitrogen and oxygen atoms in total. The van der Waals surface area contributed by atoms with Crippen LogP contribution in [0, 0.1) is 5.92 Å². The molecule has 1 aliphatic rings. The first-order valence-corrected chi connectivity index (χ1v) is 7.73. The zero-order chi connectivity index (χ0) is 15.4. The van der Waals surface area contributed by atoms with Crippen LogP contribution in [-0.2, 0) is 4.79 Å². The number of carbonyl (C=O) groups is 1. The van der Waals surface area contributed by atoms with Gasteiger partial charge in [-0.1, -0.05) is 12.1 Å². The van der Waals surface area contributed by atoms with E-state index in [0.29, 0.717) is 12.1 Å². The molecule has 2 N–H and O–H groups in total. The second kappa shape index (κ2) is 6.94. The van der Waals surface area contributed by atoms with Crippen molar-refractivity contribution in [2.75, 3.05) is 19.0 Å². The fraction of sp³-hybridized carbons (Fsp3) is 0.588. The van der Waals surface area contributed by atoms with Crippen LogP contribution in [0.15, 0.2) is 24.3 Å². The first-order chi connectivity index (χ1) is 9.97. The molecule has 1 aromatic rings. The number of anilines is 1. The molecule has 0 amide bonds. The van der Waals surface area contributed by atoms with E-state index >= 15 is 0 Å². The normalized spacial score (nSPS) is 23.6. The standard InChI is InChI=1S/C17H26N2O2/c1-12(13-6-10-16(11-7-13)19(2)3)18-15-8-4-14(5-9-15)17(20)21/h6-7,10-12,14-15,18H,4-5,8-9H2,1-3H3,(H,20,21). The van der Waals surface area contributed by atoms with Gasteiger partial charge in [-0.25, -0.2) is 0 Å². The summed E-state index contributed by atoms with van der Waals surface area (Å²) in [4.78, 5) is 13.1. The van der Waals surface area contributed by atoms with Crippen LogP contribution in [0.25, 0.3) is 0 Å². The second-order valence-electron chi connectivity index (χ2n) is 6.26. The predicted octanol–water partition coefficient (Wildman–Crippen LogP) is 3.05. The first kappa shape index (κ1) is 15.8. The first-order valence-electron chi connectivity index (χ1n) is 7.73. The molecule has 2 rings (SSSR count). The summed E-state index contributed by atoms with van der Waals surface area (Å²) in [6.07, 6.45) is 3.49. The average Bonchev–Trinajstić information content (AvgIpc) is 2.47. The summed E-state index contributed by atoms with van der Waals surface area (Å²) in [5.74, 6) is -0.779. The van der Waals surface area contributed by atoms with Crippen LogP contribution in [0.3, 0.4) is 0 Å². The van der Waals surface area contributed by atoms with Gasteiger partial charge < -0.3 is 15.3 Å². The molecular weight excluding hydrogens is 264 g/mol. The topological polar surface area (TPSA) is 52.6 Å². The lowest BCUT2D eigenvalue weighted by atomic mass is 9.85. The fourth-order valence-corrected chi connectivity index (χ4v) is 3.02. The molecule has 0 bridgehead atoms. The van der Waals surface area contributed by atoms with Crippen LogP contribution in [0.4, 0.5) is 5.69 Å². The number of nitrogens with zero attached hydrogens (tertiary/aromatic N) is 1. The number of hydrogen-bond acceptors (Lipinski definition) is 3. The van der Waals surface area contributed by atoms with Crippen LogP contribution in [-0.4, -0.2) is 31.2 Å². The highest BCUT2D eigenvalue weighted by Gasteiger charge is 2.26. The smallest absolute Gasteiger partial charge is 0.306 e. The van der Waals surface area contributed by atoms with Crippen LogP contribution in [0.2, 0.25) is 0 Å². The summed E-state index contributed by atoms with van der Waals surface area (Å²) in [6.45, 7) is 2.17. The van der Waals surface area contributed by atoms with Gasteiger partial charge in [-0.3, -0.25) is 4.79 Å². The summed E-state index contributed by atoms with van der Waals surface area (Å²) in [6, 6.07) is 9.33. The Hall–Kier alpha value is -1.55. The number of carboxylic acid groups (broad SMARTS) is 1. The van der Waals surface area contributed by atoms with E-state index in [1.54, 1.807) is 0 Å². The van der Waals surface area contributed by atoms with Crippen molar-refractivity contribution in [3.63, 3.8) is 0 Å². The number of nitrogens with one attached hydrogen (secondary N) is 1. The predicted molar refractivity (Wildman–Crippen MR) is 85.7 cm³/mol. The SMILES string of the molecule is CC(NC1CCC(C(=O)O)CC1)c1ccc(N(C)C)cc1. The van der Waals surface area contributed by atoms with Crippen LogP contribution >= 0.6 is 0 Å². The Kier molecular flexibility index (Phi) is 5.23. The molecule has 0 radical (unpaired) electrons. The summed E-state index contributed by atoms with van der Waals surface area (Å²) in [5, 5.41) is 12.7. The molecule has 1 saturated carbocycles. The van der Waals surface area contributed by atoms with E-state index in [1.807, 2.05) is 14.1 Å². The highest BCUT2D eigenvalue weighted by atomic mass is 16.4. The highest BCUT2D eigenvalue weighted by molar-refractivity contribution is 5.70. The molecule has 0 spiro atoms. The molecule has 116 valence electrons. The average molecular weight is 290 g/mol. The maximum atomic E-state index is 11.0. The van der Waals surface area contributed by atoms with Crippen molar-refractivity contribution in [2.24, 2.45) is 5.92 Å². The lowest BCUT2D eigenvalue weighted by Crippen LogP contribution is -2.36. The van der Waals surface area contributed by atoms with E-state index in [1.165, 1.54) is 11.3 Å².